The predicted octanol–water partition coefficient (Wildman–Crippen LogP) is 1.08. The minimum absolute atomic E-state index is 0.436. The summed E-state index contributed by atoms with van der Waals surface area (Å²) in [6, 6.07) is 7.64. The van der Waals surface area contributed by atoms with E-state index in [1.807, 2.05) is 18.3 Å². The van der Waals surface area contributed by atoms with Gasteiger partial charge in [0.2, 0.25) is 5.91 Å². The molecule has 1 atom stereocenters. The third-order valence-corrected chi connectivity index (χ3v) is 4.13. The van der Waals surface area contributed by atoms with Gasteiger partial charge < -0.3 is 10.6 Å². The highest BCUT2D eigenvalue weighted by atomic mass is 16.2. The summed E-state index contributed by atoms with van der Waals surface area (Å²) < 4.78 is 0. The van der Waals surface area contributed by atoms with Crippen molar-refractivity contribution in [2.75, 3.05) is 13.6 Å². The van der Waals surface area contributed by atoms with Crippen molar-refractivity contribution >= 4 is 23.9 Å². The quantitative estimate of drug-likeness (QED) is 0.670. The lowest BCUT2D eigenvalue weighted by molar-refractivity contribution is -0.135. The Bertz CT molecular complexity index is 676. The molecule has 8 nitrogen and oxygen atoms in total. The van der Waals surface area contributed by atoms with Gasteiger partial charge in [-0.1, -0.05) is 50.1 Å². The highest BCUT2D eigenvalue weighted by Gasteiger charge is 2.52. The van der Waals surface area contributed by atoms with Gasteiger partial charge in [0.05, 0.1) is 0 Å². The molecule has 0 bridgehead atoms. The highest BCUT2D eigenvalue weighted by Crippen LogP contribution is 2.33. The van der Waals surface area contributed by atoms with Crippen LogP contribution < -0.4 is 16.0 Å². The largest absolute Gasteiger partial charge is 0.341 e. The fraction of sp³-hybridized carbons (Fsp3) is 0.412. The first-order valence-electron chi connectivity index (χ1n) is 8.15. The van der Waals surface area contributed by atoms with Crippen LogP contribution >= 0.6 is 0 Å². The molecule has 1 aromatic rings. The van der Waals surface area contributed by atoms with Gasteiger partial charge in [0.25, 0.3) is 5.91 Å². The van der Waals surface area contributed by atoms with Gasteiger partial charge in [-0.3, -0.25) is 19.8 Å². The molecule has 1 saturated heterocycles. The molecule has 3 N–H and O–H groups in total. The summed E-state index contributed by atoms with van der Waals surface area (Å²) in [6.45, 7) is 1.48. The zero-order valence-corrected chi connectivity index (χ0v) is 14.3. The maximum Gasteiger partial charge on any atom is 0.325 e. The number of hydrogen-bond donors (Lipinski definition) is 3. The first kappa shape index (κ1) is 18.4. The molecule has 1 aliphatic heterocycles. The van der Waals surface area contributed by atoms with E-state index < -0.39 is 36.0 Å². The van der Waals surface area contributed by atoms with Gasteiger partial charge in [-0.05, 0) is 12.0 Å². The van der Waals surface area contributed by atoms with Gasteiger partial charge in [0.15, 0.2) is 0 Å². The fourth-order valence-electron chi connectivity index (χ4n) is 2.82. The molecular formula is C17H22N4O4. The third-order valence-electron chi connectivity index (χ3n) is 4.13. The summed E-state index contributed by atoms with van der Waals surface area (Å²) in [5.74, 6) is -1.22. The van der Waals surface area contributed by atoms with E-state index in [4.69, 9.17) is 0 Å². The average molecular weight is 346 g/mol. The number of amides is 6. The van der Waals surface area contributed by atoms with Crippen LogP contribution in [0, 0.1) is 0 Å². The Hall–Kier alpha value is -2.90. The Morgan fingerprint density at radius 3 is 2.48 bits per heavy atom. The maximum absolute atomic E-state index is 13.0. The summed E-state index contributed by atoms with van der Waals surface area (Å²) in [6.07, 6.45) is 2.03. The molecule has 1 heterocycles. The van der Waals surface area contributed by atoms with Crippen molar-refractivity contribution in [3.63, 3.8) is 0 Å². The number of urea groups is 2. The van der Waals surface area contributed by atoms with Crippen LogP contribution in [0.1, 0.15) is 31.7 Å². The number of nitrogens with one attached hydrogen (secondary N) is 3. The molecule has 0 saturated carbocycles. The van der Waals surface area contributed by atoms with Gasteiger partial charge in [0, 0.05) is 7.05 Å². The van der Waals surface area contributed by atoms with Crippen molar-refractivity contribution in [3.05, 3.63) is 35.9 Å². The topological polar surface area (TPSA) is 108 Å². The molecule has 0 unspecified atom stereocenters. The minimum atomic E-state index is -1.18. The molecule has 1 aromatic carbocycles. The van der Waals surface area contributed by atoms with Crippen molar-refractivity contribution in [1.29, 1.82) is 0 Å². The Labute approximate surface area is 145 Å². The molecule has 0 aliphatic carbocycles. The zero-order valence-electron chi connectivity index (χ0n) is 14.3. The van der Waals surface area contributed by atoms with Crippen molar-refractivity contribution in [1.82, 2.24) is 20.9 Å². The van der Waals surface area contributed by atoms with Crippen LogP contribution in [0.25, 0.3) is 0 Å². The predicted molar refractivity (Wildman–Crippen MR) is 90.5 cm³/mol. The summed E-state index contributed by atoms with van der Waals surface area (Å²) in [5.41, 5.74) is -0.502. The first-order valence-corrected chi connectivity index (χ1v) is 8.15. The van der Waals surface area contributed by atoms with E-state index >= 15 is 0 Å². The summed E-state index contributed by atoms with van der Waals surface area (Å²) in [4.78, 5) is 49.3. The molecule has 1 fully saturated rings. The van der Waals surface area contributed by atoms with Crippen molar-refractivity contribution in [2.24, 2.45) is 0 Å². The molecule has 0 radical (unpaired) electrons. The average Bonchev–Trinajstić information content (AvgIpc) is 2.85. The molecule has 6 amide bonds. The molecule has 2 rings (SSSR count). The fourth-order valence-corrected chi connectivity index (χ4v) is 2.82. The van der Waals surface area contributed by atoms with E-state index in [0.29, 0.717) is 12.0 Å². The lowest BCUT2D eigenvalue weighted by atomic mass is 9.85. The van der Waals surface area contributed by atoms with Gasteiger partial charge in [0.1, 0.15) is 12.1 Å². The van der Waals surface area contributed by atoms with Gasteiger partial charge in [-0.2, -0.15) is 0 Å². The maximum atomic E-state index is 13.0. The van der Waals surface area contributed by atoms with Gasteiger partial charge >= 0.3 is 12.1 Å². The van der Waals surface area contributed by atoms with Crippen molar-refractivity contribution < 1.29 is 19.2 Å². The van der Waals surface area contributed by atoms with Crippen molar-refractivity contribution in [2.45, 2.75) is 31.7 Å². The summed E-state index contributed by atoms with van der Waals surface area (Å²) in [5, 5.41) is 7.03. The summed E-state index contributed by atoms with van der Waals surface area (Å²) >= 11 is 0. The van der Waals surface area contributed by atoms with Crippen LogP contribution in [0.15, 0.2) is 30.3 Å². The van der Waals surface area contributed by atoms with E-state index in [1.165, 1.54) is 7.05 Å². The third kappa shape index (κ3) is 3.78. The molecular weight excluding hydrogens is 324 g/mol. The summed E-state index contributed by atoms with van der Waals surface area (Å²) in [7, 11) is 1.36. The molecule has 0 spiro atoms. The lowest BCUT2D eigenvalue weighted by Crippen LogP contribution is -2.47. The van der Waals surface area contributed by atoms with E-state index in [0.717, 1.165) is 17.7 Å². The van der Waals surface area contributed by atoms with E-state index in [1.54, 1.807) is 24.3 Å². The second kappa shape index (κ2) is 7.78. The SMILES string of the molecule is CCCC[C@@]1(c2ccccc2)NC(=O)N(CC(=O)NC(=O)NC)C1=O. The number of imide groups is 2. The number of carbonyl (C=O) groups excluding carboxylic acids is 4. The Kier molecular flexibility index (Phi) is 5.74. The number of nitrogens with zero attached hydrogens (tertiary/aromatic N) is 1. The van der Waals surface area contributed by atoms with Crippen LogP contribution in [0.5, 0.6) is 0 Å². The Morgan fingerprint density at radius 2 is 1.88 bits per heavy atom. The number of rotatable bonds is 6. The van der Waals surface area contributed by atoms with E-state index in [2.05, 4.69) is 10.6 Å². The molecule has 8 heteroatoms. The Balaban J connectivity index is 2.26. The second-order valence-electron chi connectivity index (χ2n) is 5.82. The number of carbonyl (C=O) groups is 4. The van der Waals surface area contributed by atoms with Gasteiger partial charge in [-0.15, -0.1) is 0 Å². The van der Waals surface area contributed by atoms with Crippen LogP contribution in [-0.2, 0) is 15.1 Å². The molecule has 25 heavy (non-hydrogen) atoms. The van der Waals surface area contributed by atoms with Crippen LogP contribution in [0.3, 0.4) is 0 Å². The standard InChI is InChI=1S/C17H22N4O4/c1-3-4-10-17(12-8-6-5-7-9-12)14(23)21(16(25)20-17)11-13(22)19-15(24)18-2/h5-9H,3-4,10-11H2,1-2H3,(H,20,25)(H2,18,19,22,24)/t17-/m0/s1. The minimum Gasteiger partial charge on any atom is -0.341 e. The number of benzene rings is 1. The van der Waals surface area contributed by atoms with Crippen molar-refractivity contribution in [3.8, 4) is 0 Å². The first-order chi connectivity index (χ1) is 11.9. The van der Waals surface area contributed by atoms with Crippen LogP contribution in [0.2, 0.25) is 0 Å². The molecule has 0 aromatic heterocycles. The normalized spacial score (nSPS) is 19.5. The smallest absolute Gasteiger partial charge is 0.325 e. The van der Waals surface area contributed by atoms with E-state index in [-0.39, 0.29) is 0 Å². The lowest BCUT2D eigenvalue weighted by Gasteiger charge is -2.27. The number of hydrogen-bond acceptors (Lipinski definition) is 4. The van der Waals surface area contributed by atoms with Crippen LogP contribution in [0.4, 0.5) is 9.59 Å². The van der Waals surface area contributed by atoms with Gasteiger partial charge in [-0.25, -0.2) is 9.59 Å². The monoisotopic (exact) mass is 346 g/mol. The number of unbranched alkanes of at least 4 members (excludes halogenated alkanes) is 1. The second-order valence-corrected chi connectivity index (χ2v) is 5.82. The Morgan fingerprint density at radius 1 is 1.20 bits per heavy atom. The highest BCUT2D eigenvalue weighted by molar-refractivity contribution is 6.10. The van der Waals surface area contributed by atoms with Crippen LogP contribution in [-0.4, -0.2) is 42.4 Å². The zero-order chi connectivity index (χ0) is 18.4. The van der Waals surface area contributed by atoms with E-state index in [9.17, 15) is 19.2 Å². The molecule has 134 valence electrons. The molecule has 1 aliphatic rings.